The number of fused-ring (bicyclic) bond motifs is 2. The minimum absolute atomic E-state index is 0.00601. The van der Waals surface area contributed by atoms with Crippen molar-refractivity contribution >= 4 is 22.4 Å². The van der Waals surface area contributed by atoms with Crippen LogP contribution < -0.4 is 5.32 Å². The number of benzene rings is 2. The van der Waals surface area contributed by atoms with Crippen LogP contribution >= 0.6 is 0 Å². The molecule has 0 radical (unpaired) electrons. The van der Waals surface area contributed by atoms with Crippen molar-refractivity contribution in [2.75, 3.05) is 5.32 Å². The summed E-state index contributed by atoms with van der Waals surface area (Å²) in [6.45, 7) is 1.88. The Morgan fingerprint density at radius 3 is 2.63 bits per heavy atom. The molecule has 0 bridgehead atoms. The van der Waals surface area contributed by atoms with Crippen molar-refractivity contribution in [3.8, 4) is 11.1 Å². The number of anilines is 1. The van der Waals surface area contributed by atoms with Crippen molar-refractivity contribution in [1.29, 1.82) is 0 Å². The molecule has 4 nitrogen and oxygen atoms in total. The minimum atomic E-state index is -4.48. The average Bonchev–Trinajstić information content (AvgIpc) is 3.47. The first-order chi connectivity index (χ1) is 14.2. The predicted octanol–water partition coefficient (Wildman–Crippen LogP) is 5.45. The van der Waals surface area contributed by atoms with Crippen LogP contribution in [0.5, 0.6) is 0 Å². The van der Waals surface area contributed by atoms with E-state index < -0.39 is 11.7 Å². The lowest BCUT2D eigenvalue weighted by Crippen LogP contribution is -2.17. The third kappa shape index (κ3) is 3.26. The van der Waals surface area contributed by atoms with Gasteiger partial charge in [0.15, 0.2) is 0 Å². The Balaban J connectivity index is 1.74. The molecule has 156 valence electrons. The van der Waals surface area contributed by atoms with Crippen molar-refractivity contribution < 1.29 is 18.0 Å². The minimum Gasteiger partial charge on any atom is -0.381 e. The van der Waals surface area contributed by atoms with Crippen LogP contribution in [0.25, 0.3) is 22.0 Å². The normalized spacial score (nSPS) is 19.5. The molecule has 7 heteroatoms. The second-order valence-electron chi connectivity index (χ2n) is 8.54. The van der Waals surface area contributed by atoms with Gasteiger partial charge in [-0.3, -0.25) is 9.48 Å². The molecule has 30 heavy (non-hydrogen) atoms. The number of carbonyl (C=O) groups is 1. The van der Waals surface area contributed by atoms with Crippen molar-refractivity contribution in [2.24, 2.45) is 7.05 Å². The Hall–Kier alpha value is -2.83. The number of aryl methyl sites for hydroxylation is 1. The molecule has 2 aliphatic rings. The second-order valence-corrected chi connectivity index (χ2v) is 8.54. The Morgan fingerprint density at radius 1 is 1.17 bits per heavy atom. The molecule has 2 heterocycles. The van der Waals surface area contributed by atoms with Gasteiger partial charge in [0, 0.05) is 48.5 Å². The van der Waals surface area contributed by atoms with Gasteiger partial charge in [0.05, 0.1) is 16.8 Å². The quantitative estimate of drug-likeness (QED) is 0.608. The number of carbonyl (C=O) groups excluding carboxylic acids is 1. The Kier molecular flexibility index (Phi) is 4.21. The molecule has 1 N–H and O–H groups in total. The molecule has 0 unspecified atom stereocenters. The van der Waals surface area contributed by atoms with Gasteiger partial charge in [-0.25, -0.2) is 0 Å². The Morgan fingerprint density at radius 2 is 1.93 bits per heavy atom. The fraction of sp³-hybridized carbons (Fsp3) is 0.391. The average molecular weight is 413 g/mol. The lowest BCUT2D eigenvalue weighted by Gasteiger charge is -2.20. The number of hydrogen-bond acceptors (Lipinski definition) is 3. The fourth-order valence-corrected chi connectivity index (χ4v) is 4.45. The molecule has 0 amide bonds. The maximum Gasteiger partial charge on any atom is 0.416 e. The topological polar surface area (TPSA) is 46.9 Å². The van der Waals surface area contributed by atoms with Crippen molar-refractivity contribution in [1.82, 2.24) is 9.78 Å². The van der Waals surface area contributed by atoms with Gasteiger partial charge in [-0.2, -0.15) is 18.3 Å². The van der Waals surface area contributed by atoms with Crippen LogP contribution in [0, 0.1) is 0 Å². The highest BCUT2D eigenvalue weighted by molar-refractivity contribution is 5.93. The Bertz CT molecular complexity index is 1170. The molecule has 0 saturated heterocycles. The Labute approximate surface area is 172 Å². The SMILES string of the molecule is C[C@@H]1CC(=O)Cc2cc(C(F)(F)F)cc(-c3ccc4c(c3)c(C3CC3)nn4C)c2N1. The van der Waals surface area contributed by atoms with Gasteiger partial charge in [0.2, 0.25) is 0 Å². The van der Waals surface area contributed by atoms with E-state index in [4.69, 9.17) is 0 Å². The number of nitrogens with one attached hydrogen (secondary N) is 1. The molecule has 2 aromatic carbocycles. The van der Waals surface area contributed by atoms with Crippen LogP contribution in [0.3, 0.4) is 0 Å². The van der Waals surface area contributed by atoms with Gasteiger partial charge in [0.1, 0.15) is 5.78 Å². The molecule has 1 saturated carbocycles. The second kappa shape index (κ2) is 6.59. The summed E-state index contributed by atoms with van der Waals surface area (Å²) in [5, 5.41) is 8.92. The summed E-state index contributed by atoms with van der Waals surface area (Å²) in [7, 11) is 1.89. The number of Topliss-reactive ketones (excluding diaryl/α,β-unsaturated/α-hetero) is 1. The number of rotatable bonds is 2. The summed E-state index contributed by atoms with van der Waals surface area (Å²) < 4.78 is 42.8. The zero-order chi connectivity index (χ0) is 21.2. The van der Waals surface area contributed by atoms with Gasteiger partial charge in [-0.1, -0.05) is 6.07 Å². The van der Waals surface area contributed by atoms with Crippen LogP contribution in [-0.4, -0.2) is 21.6 Å². The predicted molar refractivity (Wildman–Crippen MR) is 110 cm³/mol. The zero-order valence-electron chi connectivity index (χ0n) is 16.8. The van der Waals surface area contributed by atoms with Gasteiger partial charge in [0.25, 0.3) is 0 Å². The smallest absolute Gasteiger partial charge is 0.381 e. The van der Waals surface area contributed by atoms with Crippen molar-refractivity contribution in [3.05, 3.63) is 47.2 Å². The van der Waals surface area contributed by atoms with Crippen LogP contribution in [0.2, 0.25) is 0 Å². The van der Waals surface area contributed by atoms with Gasteiger partial charge < -0.3 is 5.32 Å². The molecule has 1 atom stereocenters. The van der Waals surface area contributed by atoms with E-state index >= 15 is 0 Å². The highest BCUT2D eigenvalue weighted by atomic mass is 19.4. The van der Waals surface area contributed by atoms with E-state index in [1.807, 2.05) is 36.9 Å². The number of nitrogens with zero attached hydrogens (tertiary/aromatic N) is 2. The van der Waals surface area contributed by atoms with E-state index in [1.54, 1.807) is 0 Å². The van der Waals surface area contributed by atoms with Crippen LogP contribution in [-0.2, 0) is 24.4 Å². The molecule has 0 spiro atoms. The summed E-state index contributed by atoms with van der Waals surface area (Å²) >= 11 is 0. The molecule has 1 aliphatic heterocycles. The summed E-state index contributed by atoms with van der Waals surface area (Å²) in [5.74, 6) is 0.371. The lowest BCUT2D eigenvalue weighted by atomic mass is 9.93. The van der Waals surface area contributed by atoms with Gasteiger partial charge in [-0.15, -0.1) is 0 Å². The highest BCUT2D eigenvalue weighted by Gasteiger charge is 2.34. The summed E-state index contributed by atoms with van der Waals surface area (Å²) in [5.41, 5.74) is 3.47. The van der Waals surface area contributed by atoms with Gasteiger partial charge in [-0.05, 0) is 55.2 Å². The van der Waals surface area contributed by atoms with E-state index in [-0.39, 0.29) is 18.2 Å². The molecule has 1 fully saturated rings. The molecular weight excluding hydrogens is 391 g/mol. The third-order valence-electron chi connectivity index (χ3n) is 6.01. The van der Waals surface area contributed by atoms with E-state index in [9.17, 15) is 18.0 Å². The molecule has 1 aromatic heterocycles. The number of aromatic nitrogens is 2. The summed E-state index contributed by atoms with van der Waals surface area (Å²) in [6, 6.07) is 7.88. The fourth-order valence-electron chi connectivity index (χ4n) is 4.45. The summed E-state index contributed by atoms with van der Waals surface area (Å²) in [4.78, 5) is 12.2. The largest absolute Gasteiger partial charge is 0.416 e. The van der Waals surface area contributed by atoms with Gasteiger partial charge >= 0.3 is 6.18 Å². The maximum atomic E-state index is 13.6. The van der Waals surface area contributed by atoms with Crippen LogP contribution in [0.15, 0.2) is 30.3 Å². The monoisotopic (exact) mass is 413 g/mol. The first-order valence-corrected chi connectivity index (χ1v) is 10.2. The van der Waals surface area contributed by atoms with Crippen molar-refractivity contribution in [2.45, 2.75) is 50.7 Å². The number of ketones is 1. The molecular formula is C23H22F3N3O. The standard InChI is InChI=1S/C23H22F3N3O/c1-12-7-17(30)9-15-8-16(23(24,25)26)11-18(21(15)27-12)14-5-6-20-19(10-14)22(13-3-4-13)28-29(20)2/h5-6,8,10-13,27H,3-4,7,9H2,1-2H3/t12-/m1/s1. The highest BCUT2D eigenvalue weighted by Crippen LogP contribution is 2.45. The number of alkyl halides is 3. The first-order valence-electron chi connectivity index (χ1n) is 10.2. The number of hydrogen-bond donors (Lipinski definition) is 1. The van der Waals surface area contributed by atoms with Crippen molar-refractivity contribution in [3.63, 3.8) is 0 Å². The van der Waals surface area contributed by atoms with Crippen LogP contribution in [0.1, 0.15) is 48.9 Å². The van der Waals surface area contributed by atoms with E-state index in [0.717, 1.165) is 35.5 Å². The zero-order valence-corrected chi connectivity index (χ0v) is 16.8. The molecule has 5 rings (SSSR count). The van der Waals surface area contributed by atoms with E-state index in [0.29, 0.717) is 34.7 Å². The summed E-state index contributed by atoms with van der Waals surface area (Å²) in [6.07, 6.45) is -2.00. The molecule has 3 aromatic rings. The maximum absolute atomic E-state index is 13.6. The van der Waals surface area contributed by atoms with E-state index in [2.05, 4.69) is 10.4 Å². The van der Waals surface area contributed by atoms with E-state index in [1.165, 1.54) is 6.07 Å². The first kappa shape index (κ1) is 19.2. The lowest BCUT2D eigenvalue weighted by molar-refractivity contribution is -0.137. The van der Waals surface area contributed by atoms with Crippen LogP contribution in [0.4, 0.5) is 18.9 Å². The molecule has 1 aliphatic carbocycles. The number of halogens is 3. The third-order valence-corrected chi connectivity index (χ3v) is 6.01.